The van der Waals surface area contributed by atoms with Gasteiger partial charge < -0.3 is 19.7 Å². The lowest BCUT2D eigenvalue weighted by molar-refractivity contribution is -0.115. The van der Waals surface area contributed by atoms with Crippen LogP contribution in [0.2, 0.25) is 0 Å². The Morgan fingerprint density at radius 3 is 2.47 bits per heavy atom. The molecule has 0 bridgehead atoms. The molecule has 0 aliphatic carbocycles. The largest absolute Gasteiger partial charge is 0.383 e. The summed E-state index contributed by atoms with van der Waals surface area (Å²) in [5.41, 5.74) is 5.40. The third-order valence-corrected chi connectivity index (χ3v) is 6.75. The van der Waals surface area contributed by atoms with Crippen LogP contribution in [0.5, 0.6) is 0 Å². The second kappa shape index (κ2) is 9.02. The van der Waals surface area contributed by atoms with Crippen molar-refractivity contribution < 1.29 is 14.3 Å². The number of rotatable bonds is 7. The van der Waals surface area contributed by atoms with E-state index >= 15 is 0 Å². The molecule has 1 fully saturated rings. The van der Waals surface area contributed by atoms with Gasteiger partial charge in [0, 0.05) is 74.9 Å². The third-order valence-electron chi connectivity index (χ3n) is 6.75. The van der Waals surface area contributed by atoms with Crippen LogP contribution < -0.4 is 5.32 Å². The number of hydrogen-bond donors (Lipinski definition) is 1. The summed E-state index contributed by atoms with van der Waals surface area (Å²) >= 11 is 0. The highest BCUT2D eigenvalue weighted by Crippen LogP contribution is 2.34. The number of amides is 1. The average Bonchev–Trinajstić information content (AvgIpc) is 3.33. The van der Waals surface area contributed by atoms with Crippen LogP contribution in [0.15, 0.2) is 64.6 Å². The first-order chi connectivity index (χ1) is 15.7. The zero-order valence-corrected chi connectivity index (χ0v) is 18.7. The van der Waals surface area contributed by atoms with Crippen LogP contribution >= 0.6 is 0 Å². The van der Waals surface area contributed by atoms with Gasteiger partial charge in [0.15, 0.2) is 0 Å². The van der Waals surface area contributed by atoms with Crippen molar-refractivity contribution in [3.63, 3.8) is 0 Å². The number of ether oxygens (including phenoxy) is 2. The van der Waals surface area contributed by atoms with Gasteiger partial charge in [-0.05, 0) is 24.5 Å². The van der Waals surface area contributed by atoms with Crippen LogP contribution in [0, 0.1) is 0 Å². The van der Waals surface area contributed by atoms with Gasteiger partial charge in [-0.1, -0.05) is 24.3 Å². The van der Waals surface area contributed by atoms with Crippen LogP contribution in [0.4, 0.5) is 0 Å². The molecule has 1 amide bonds. The monoisotopic (exact) mass is 434 g/mol. The molecule has 0 radical (unpaired) electrons. The van der Waals surface area contributed by atoms with Crippen molar-refractivity contribution in [2.75, 3.05) is 34.0 Å². The normalized spacial score (nSPS) is 24.9. The lowest BCUT2D eigenvalue weighted by atomic mass is 10.1. The molecule has 1 aromatic rings. The van der Waals surface area contributed by atoms with E-state index in [0.29, 0.717) is 12.1 Å². The number of allylic oxidation sites excluding steroid dienone is 1. The molecule has 2 atom stereocenters. The molecule has 32 heavy (non-hydrogen) atoms. The predicted octanol–water partition coefficient (Wildman–Crippen LogP) is 2.56. The highest BCUT2D eigenvalue weighted by molar-refractivity contribution is 6.02. The Bertz CT molecular complexity index is 995. The molecule has 0 aromatic heterocycles. The molecule has 4 heterocycles. The molecule has 7 nitrogen and oxygen atoms in total. The lowest BCUT2D eigenvalue weighted by Crippen LogP contribution is -2.40. The third kappa shape index (κ3) is 3.92. The second-order valence-corrected chi connectivity index (χ2v) is 8.75. The predicted molar refractivity (Wildman–Crippen MR) is 123 cm³/mol. The summed E-state index contributed by atoms with van der Waals surface area (Å²) < 4.78 is 10.9. The van der Waals surface area contributed by atoms with Gasteiger partial charge in [-0.2, -0.15) is 0 Å². The minimum atomic E-state index is -0.0731. The fourth-order valence-corrected chi connectivity index (χ4v) is 5.24. The molecule has 1 aromatic carbocycles. The smallest absolute Gasteiger partial charge is 0.248 e. The summed E-state index contributed by atoms with van der Waals surface area (Å²) in [6.45, 7) is 3.21. The SMILES string of the molecule is COC[C@@H]1CC[C@@H](COC)N1Cc1ccc(C2=NC=C3C=CC(=O)NC4=C3N2CC4)cc1. The molecule has 0 unspecified atom stereocenters. The molecular weight excluding hydrogens is 404 g/mol. The van der Waals surface area contributed by atoms with Gasteiger partial charge >= 0.3 is 0 Å². The van der Waals surface area contributed by atoms with E-state index in [0.717, 1.165) is 73.9 Å². The minimum absolute atomic E-state index is 0.0731. The van der Waals surface area contributed by atoms with E-state index < -0.39 is 0 Å². The molecule has 0 saturated carbocycles. The van der Waals surface area contributed by atoms with Crippen molar-refractivity contribution in [2.45, 2.75) is 37.9 Å². The van der Waals surface area contributed by atoms with E-state index in [-0.39, 0.29) is 5.91 Å². The van der Waals surface area contributed by atoms with Gasteiger partial charge in [-0.3, -0.25) is 9.69 Å². The van der Waals surface area contributed by atoms with Gasteiger partial charge in [0.05, 0.1) is 18.9 Å². The van der Waals surface area contributed by atoms with Gasteiger partial charge in [0.2, 0.25) is 5.91 Å². The van der Waals surface area contributed by atoms with Gasteiger partial charge in [0.1, 0.15) is 5.84 Å². The van der Waals surface area contributed by atoms with E-state index in [2.05, 4.69) is 39.4 Å². The number of carbonyl (C=O) groups is 1. The lowest BCUT2D eigenvalue weighted by Gasteiger charge is -2.30. The summed E-state index contributed by atoms with van der Waals surface area (Å²) in [5, 5.41) is 3.01. The Balaban J connectivity index is 1.35. The maximum Gasteiger partial charge on any atom is 0.248 e. The van der Waals surface area contributed by atoms with E-state index in [1.54, 1.807) is 20.3 Å². The van der Waals surface area contributed by atoms with E-state index in [1.807, 2.05) is 12.3 Å². The van der Waals surface area contributed by atoms with Crippen LogP contribution in [0.3, 0.4) is 0 Å². The zero-order valence-electron chi connectivity index (χ0n) is 18.7. The average molecular weight is 435 g/mol. The van der Waals surface area contributed by atoms with Crippen LogP contribution in [0.25, 0.3) is 0 Å². The number of carbonyl (C=O) groups excluding carboxylic acids is 1. The summed E-state index contributed by atoms with van der Waals surface area (Å²) in [6, 6.07) is 9.57. The summed E-state index contributed by atoms with van der Waals surface area (Å²) in [4.78, 5) is 21.4. The molecule has 4 aliphatic rings. The van der Waals surface area contributed by atoms with Gasteiger partial charge in [-0.25, -0.2) is 4.99 Å². The maximum atomic E-state index is 11.9. The Morgan fingerprint density at radius 1 is 1.06 bits per heavy atom. The molecule has 1 saturated heterocycles. The van der Waals surface area contributed by atoms with E-state index in [9.17, 15) is 4.79 Å². The molecule has 0 spiro atoms. The van der Waals surface area contributed by atoms with Gasteiger partial charge in [-0.15, -0.1) is 0 Å². The first kappa shape index (κ1) is 21.1. The quantitative estimate of drug-likeness (QED) is 0.715. The van der Waals surface area contributed by atoms with E-state index in [4.69, 9.17) is 14.5 Å². The molecule has 1 N–H and O–H groups in total. The number of amidine groups is 1. The number of nitrogens with one attached hydrogen (secondary N) is 1. The Labute approximate surface area is 189 Å². The highest BCUT2D eigenvalue weighted by atomic mass is 16.5. The standard InChI is InChI=1S/C25H30N4O3/c1-31-15-20-8-9-21(16-32-2)29(20)14-17-3-5-18(6-4-17)25-26-13-19-7-10-23(30)27-22-11-12-28(25)24(19)22/h3-7,10,13,20-21H,8-9,11-12,14-16H2,1-2H3,(H,27,30)/t20-,21-/m0/s1. The highest BCUT2D eigenvalue weighted by Gasteiger charge is 2.34. The van der Waals surface area contributed by atoms with Crippen molar-refractivity contribution >= 4 is 11.7 Å². The first-order valence-electron chi connectivity index (χ1n) is 11.3. The number of aliphatic imine (C=N–C) groups is 1. The summed E-state index contributed by atoms with van der Waals surface area (Å²) in [7, 11) is 3.55. The van der Waals surface area contributed by atoms with E-state index in [1.165, 1.54) is 5.56 Å². The Hall–Kier alpha value is -2.74. The molecule has 168 valence electrons. The number of likely N-dealkylation sites (tertiary alicyclic amines) is 1. The van der Waals surface area contributed by atoms with Crippen molar-refractivity contribution in [1.82, 2.24) is 15.1 Å². The Kier molecular flexibility index (Phi) is 5.95. The second-order valence-electron chi connectivity index (χ2n) is 8.75. The zero-order chi connectivity index (χ0) is 22.1. The molecular formula is C25H30N4O3. The maximum absolute atomic E-state index is 11.9. The van der Waals surface area contributed by atoms with Crippen LogP contribution in [0.1, 0.15) is 30.4 Å². The molecule has 4 aliphatic heterocycles. The Morgan fingerprint density at radius 2 is 1.78 bits per heavy atom. The van der Waals surface area contributed by atoms with Crippen molar-refractivity contribution in [1.29, 1.82) is 0 Å². The van der Waals surface area contributed by atoms with Crippen molar-refractivity contribution in [2.24, 2.45) is 4.99 Å². The molecule has 5 rings (SSSR count). The number of methoxy groups -OCH3 is 2. The fraction of sp³-hybridized carbons (Fsp3) is 0.440. The van der Waals surface area contributed by atoms with Crippen molar-refractivity contribution in [3.05, 3.63) is 70.7 Å². The first-order valence-corrected chi connectivity index (χ1v) is 11.3. The minimum Gasteiger partial charge on any atom is -0.383 e. The number of benzene rings is 1. The van der Waals surface area contributed by atoms with Crippen LogP contribution in [-0.4, -0.2) is 67.6 Å². The van der Waals surface area contributed by atoms with Gasteiger partial charge in [0.25, 0.3) is 0 Å². The topological polar surface area (TPSA) is 66.4 Å². The fourth-order valence-electron chi connectivity index (χ4n) is 5.24. The number of nitrogens with zero attached hydrogens (tertiary/aromatic N) is 3. The summed E-state index contributed by atoms with van der Waals surface area (Å²) in [6.07, 6.45) is 8.39. The van der Waals surface area contributed by atoms with Crippen molar-refractivity contribution in [3.8, 4) is 0 Å². The number of hydrogen-bond acceptors (Lipinski definition) is 6. The molecule has 7 heteroatoms. The van der Waals surface area contributed by atoms with Crippen LogP contribution in [-0.2, 0) is 20.8 Å². The summed E-state index contributed by atoms with van der Waals surface area (Å²) in [5.74, 6) is 0.863.